The Morgan fingerprint density at radius 2 is 1.76 bits per heavy atom. The Bertz CT molecular complexity index is 754. The summed E-state index contributed by atoms with van der Waals surface area (Å²) in [7, 11) is -3.48. The summed E-state index contributed by atoms with van der Waals surface area (Å²) in [5, 5.41) is 0.0758. The molecule has 1 amide bonds. The topological polar surface area (TPSA) is 80.8 Å². The van der Waals surface area contributed by atoms with E-state index >= 15 is 0 Å². The SMILES string of the molecule is C[C@@H](OC(=O)c1cc(S(C)(=O)=O)ccc1Cl)C(=O)N1CCCCCC1. The van der Waals surface area contributed by atoms with Crippen LogP contribution >= 0.6 is 11.6 Å². The van der Waals surface area contributed by atoms with Gasteiger partial charge in [0, 0.05) is 19.3 Å². The fourth-order valence-electron chi connectivity index (χ4n) is 2.71. The van der Waals surface area contributed by atoms with E-state index in [0.29, 0.717) is 13.1 Å². The van der Waals surface area contributed by atoms with Crippen molar-refractivity contribution in [1.29, 1.82) is 0 Å². The molecule has 0 aliphatic carbocycles. The van der Waals surface area contributed by atoms with Gasteiger partial charge in [-0.05, 0) is 38.0 Å². The summed E-state index contributed by atoms with van der Waals surface area (Å²) in [5.74, 6) is -1.06. The summed E-state index contributed by atoms with van der Waals surface area (Å²) in [5.41, 5.74) is -0.0693. The maximum atomic E-state index is 12.4. The number of carbonyl (C=O) groups excluding carboxylic acids is 2. The Kier molecular flexibility index (Phi) is 6.46. The molecule has 1 aliphatic rings. The molecule has 2 rings (SSSR count). The van der Waals surface area contributed by atoms with Crippen LogP contribution in [0.5, 0.6) is 0 Å². The van der Waals surface area contributed by atoms with Gasteiger partial charge in [0.1, 0.15) is 0 Å². The third kappa shape index (κ3) is 5.19. The van der Waals surface area contributed by atoms with Gasteiger partial charge in [0.05, 0.1) is 15.5 Å². The summed E-state index contributed by atoms with van der Waals surface area (Å²) in [6.45, 7) is 2.83. The minimum atomic E-state index is -3.48. The largest absolute Gasteiger partial charge is 0.449 e. The van der Waals surface area contributed by atoms with Crippen molar-refractivity contribution in [2.24, 2.45) is 0 Å². The number of benzene rings is 1. The van der Waals surface area contributed by atoms with Gasteiger partial charge in [-0.1, -0.05) is 24.4 Å². The number of hydrogen-bond donors (Lipinski definition) is 0. The Balaban J connectivity index is 2.11. The number of amides is 1. The third-order valence-electron chi connectivity index (χ3n) is 4.14. The molecule has 1 aromatic carbocycles. The first-order chi connectivity index (χ1) is 11.7. The molecule has 0 aromatic heterocycles. The van der Waals surface area contributed by atoms with Gasteiger partial charge in [0.2, 0.25) is 0 Å². The van der Waals surface area contributed by atoms with Gasteiger partial charge in [-0.3, -0.25) is 4.79 Å². The van der Waals surface area contributed by atoms with Gasteiger partial charge < -0.3 is 9.64 Å². The van der Waals surface area contributed by atoms with Crippen LogP contribution in [0.2, 0.25) is 5.02 Å². The molecule has 1 fully saturated rings. The first-order valence-corrected chi connectivity index (χ1v) is 10.5. The van der Waals surface area contributed by atoms with Crippen LogP contribution in [-0.4, -0.2) is 50.6 Å². The lowest BCUT2D eigenvalue weighted by Gasteiger charge is -2.24. The number of ether oxygens (including phenoxy) is 1. The Hall–Kier alpha value is -1.60. The lowest BCUT2D eigenvalue weighted by Crippen LogP contribution is -2.40. The average molecular weight is 388 g/mol. The van der Waals surface area contributed by atoms with Crippen LogP contribution in [0.3, 0.4) is 0 Å². The molecule has 8 heteroatoms. The number of likely N-dealkylation sites (tertiary alicyclic amines) is 1. The van der Waals surface area contributed by atoms with E-state index in [1.165, 1.54) is 25.1 Å². The number of halogens is 1. The van der Waals surface area contributed by atoms with E-state index < -0.39 is 21.9 Å². The number of hydrogen-bond acceptors (Lipinski definition) is 5. The van der Waals surface area contributed by atoms with E-state index in [2.05, 4.69) is 0 Å². The van der Waals surface area contributed by atoms with Crippen LogP contribution in [0.25, 0.3) is 0 Å². The van der Waals surface area contributed by atoms with Crippen molar-refractivity contribution < 1.29 is 22.7 Å². The van der Waals surface area contributed by atoms with E-state index in [-0.39, 0.29) is 21.4 Å². The lowest BCUT2D eigenvalue weighted by molar-refractivity contribution is -0.139. The van der Waals surface area contributed by atoms with Crippen molar-refractivity contribution in [3.05, 3.63) is 28.8 Å². The molecule has 0 N–H and O–H groups in total. The molecule has 1 atom stereocenters. The van der Waals surface area contributed by atoms with E-state index in [9.17, 15) is 18.0 Å². The van der Waals surface area contributed by atoms with Crippen LogP contribution in [-0.2, 0) is 19.4 Å². The highest BCUT2D eigenvalue weighted by atomic mass is 35.5. The molecule has 1 aromatic rings. The molecule has 1 heterocycles. The second-order valence-corrected chi connectivity index (χ2v) is 8.62. The van der Waals surface area contributed by atoms with Crippen LogP contribution < -0.4 is 0 Å². The Morgan fingerprint density at radius 3 is 2.32 bits per heavy atom. The smallest absolute Gasteiger partial charge is 0.340 e. The predicted molar refractivity (Wildman–Crippen MR) is 94.5 cm³/mol. The molecule has 0 unspecified atom stereocenters. The molecule has 0 saturated carbocycles. The molecule has 0 radical (unpaired) electrons. The summed E-state index contributed by atoms with van der Waals surface area (Å²) in [6, 6.07) is 3.82. The van der Waals surface area contributed by atoms with Crippen LogP contribution in [0.4, 0.5) is 0 Å². The minimum absolute atomic E-state index is 0.0321. The molecule has 0 spiro atoms. The first kappa shape index (κ1) is 19.7. The van der Waals surface area contributed by atoms with Gasteiger partial charge in [-0.2, -0.15) is 0 Å². The van der Waals surface area contributed by atoms with E-state index in [0.717, 1.165) is 31.9 Å². The maximum Gasteiger partial charge on any atom is 0.340 e. The van der Waals surface area contributed by atoms with E-state index in [1.807, 2.05) is 0 Å². The second-order valence-electron chi connectivity index (χ2n) is 6.20. The lowest BCUT2D eigenvalue weighted by atomic mass is 10.2. The van der Waals surface area contributed by atoms with Gasteiger partial charge in [0.25, 0.3) is 5.91 Å². The highest BCUT2D eigenvalue weighted by Gasteiger charge is 2.26. The van der Waals surface area contributed by atoms with Gasteiger partial charge in [-0.15, -0.1) is 0 Å². The van der Waals surface area contributed by atoms with Crippen molar-refractivity contribution >= 4 is 33.3 Å². The number of esters is 1. The second kappa shape index (κ2) is 8.19. The van der Waals surface area contributed by atoms with Gasteiger partial charge in [0.15, 0.2) is 15.9 Å². The van der Waals surface area contributed by atoms with Gasteiger partial charge >= 0.3 is 5.97 Å². The number of carbonyl (C=O) groups is 2. The summed E-state index contributed by atoms with van der Waals surface area (Å²) >= 11 is 5.98. The first-order valence-electron chi connectivity index (χ1n) is 8.19. The van der Waals surface area contributed by atoms with Crippen molar-refractivity contribution in [3.63, 3.8) is 0 Å². The van der Waals surface area contributed by atoms with E-state index in [4.69, 9.17) is 16.3 Å². The van der Waals surface area contributed by atoms with Gasteiger partial charge in [-0.25, -0.2) is 13.2 Å². The summed E-state index contributed by atoms with van der Waals surface area (Å²) < 4.78 is 28.5. The predicted octanol–water partition coefficient (Wildman–Crippen LogP) is 2.69. The molecular formula is C17H22ClNO5S. The Morgan fingerprint density at radius 1 is 1.16 bits per heavy atom. The van der Waals surface area contributed by atoms with E-state index in [1.54, 1.807) is 4.90 Å². The Labute approximate surface area is 153 Å². The number of sulfone groups is 1. The molecule has 6 nitrogen and oxygen atoms in total. The van der Waals surface area contributed by atoms with Crippen molar-refractivity contribution in [3.8, 4) is 0 Å². The van der Waals surface area contributed by atoms with Crippen molar-refractivity contribution in [1.82, 2.24) is 4.90 Å². The quantitative estimate of drug-likeness (QED) is 0.742. The molecule has 25 heavy (non-hydrogen) atoms. The van der Waals surface area contributed by atoms with Crippen LogP contribution in [0, 0.1) is 0 Å². The molecule has 0 bridgehead atoms. The van der Waals surface area contributed by atoms with Crippen LogP contribution in [0.15, 0.2) is 23.1 Å². The third-order valence-corrected chi connectivity index (χ3v) is 5.58. The average Bonchev–Trinajstić information content (AvgIpc) is 2.82. The standard InChI is InChI=1S/C17H22ClNO5S/c1-12(16(20)19-9-5-3-4-6-10-19)24-17(21)14-11-13(25(2,22)23)7-8-15(14)18/h7-8,11-12H,3-6,9-10H2,1-2H3/t12-/m1/s1. The zero-order chi connectivity index (χ0) is 18.6. The van der Waals surface area contributed by atoms with Crippen LogP contribution in [0.1, 0.15) is 43.0 Å². The summed E-state index contributed by atoms with van der Waals surface area (Å²) in [6.07, 6.45) is 4.14. The van der Waals surface area contributed by atoms with Crippen molar-refractivity contribution in [2.75, 3.05) is 19.3 Å². The highest BCUT2D eigenvalue weighted by molar-refractivity contribution is 7.90. The van der Waals surface area contributed by atoms with Crippen molar-refractivity contribution in [2.45, 2.75) is 43.6 Å². The number of rotatable bonds is 4. The number of nitrogens with zero attached hydrogens (tertiary/aromatic N) is 1. The molecule has 138 valence electrons. The molecule has 1 saturated heterocycles. The monoisotopic (exact) mass is 387 g/mol. The maximum absolute atomic E-state index is 12.4. The molecular weight excluding hydrogens is 366 g/mol. The molecule has 1 aliphatic heterocycles. The highest BCUT2D eigenvalue weighted by Crippen LogP contribution is 2.22. The normalized spacial score (nSPS) is 16.8. The fraction of sp³-hybridized carbons (Fsp3) is 0.529. The fourth-order valence-corrected chi connectivity index (χ4v) is 3.56. The zero-order valence-corrected chi connectivity index (χ0v) is 15.9. The summed E-state index contributed by atoms with van der Waals surface area (Å²) in [4.78, 5) is 26.5. The zero-order valence-electron chi connectivity index (χ0n) is 14.3. The minimum Gasteiger partial charge on any atom is -0.449 e.